The third-order valence-electron chi connectivity index (χ3n) is 4.43. The Morgan fingerprint density at radius 1 is 1.15 bits per heavy atom. The van der Waals surface area contributed by atoms with E-state index in [0.29, 0.717) is 0 Å². The molecule has 1 amide bonds. The molecule has 2 aromatic rings. The minimum Gasteiger partial charge on any atom is -0.426 e. The zero-order chi connectivity index (χ0) is 18.8. The number of rotatable bonds is 4. The van der Waals surface area contributed by atoms with Gasteiger partial charge >= 0.3 is 5.97 Å². The highest BCUT2D eigenvalue weighted by molar-refractivity contribution is 6.00. The number of hydrogen-bond acceptors (Lipinski definition) is 5. The van der Waals surface area contributed by atoms with Gasteiger partial charge in [-0.25, -0.2) is 0 Å². The molecule has 0 unspecified atom stereocenters. The van der Waals surface area contributed by atoms with Crippen molar-refractivity contribution in [3.8, 4) is 5.75 Å². The van der Waals surface area contributed by atoms with E-state index in [1.807, 2.05) is 32.0 Å². The first kappa shape index (κ1) is 17.6. The third kappa shape index (κ3) is 3.42. The smallest absolute Gasteiger partial charge is 0.316 e. The number of aryl methyl sites for hydroxylation is 2. The Labute approximate surface area is 150 Å². The number of anilines is 1. The summed E-state index contributed by atoms with van der Waals surface area (Å²) in [5.74, 6) is -0.982. The van der Waals surface area contributed by atoms with Gasteiger partial charge in [-0.2, -0.15) is 0 Å². The van der Waals surface area contributed by atoms with E-state index in [4.69, 9.17) is 4.74 Å². The maximum Gasteiger partial charge on any atom is 0.316 e. The molecule has 1 heterocycles. The highest BCUT2D eigenvalue weighted by atomic mass is 16.6. The molecule has 134 valence electrons. The van der Waals surface area contributed by atoms with E-state index in [0.717, 1.165) is 16.8 Å². The summed E-state index contributed by atoms with van der Waals surface area (Å²) in [4.78, 5) is 36.6. The summed E-state index contributed by atoms with van der Waals surface area (Å²) < 4.78 is 5.29. The van der Waals surface area contributed by atoms with Crippen LogP contribution in [0.4, 0.5) is 11.4 Å². The van der Waals surface area contributed by atoms with Crippen molar-refractivity contribution in [1.29, 1.82) is 0 Å². The van der Waals surface area contributed by atoms with Crippen LogP contribution in [0.25, 0.3) is 0 Å². The fourth-order valence-corrected chi connectivity index (χ4v) is 3.15. The van der Waals surface area contributed by atoms with Gasteiger partial charge in [-0.05, 0) is 37.1 Å². The Kier molecular flexibility index (Phi) is 4.71. The molecule has 26 heavy (non-hydrogen) atoms. The molecule has 0 N–H and O–H groups in total. The van der Waals surface area contributed by atoms with Gasteiger partial charge in [0.15, 0.2) is 0 Å². The fourth-order valence-electron chi connectivity index (χ4n) is 3.15. The van der Waals surface area contributed by atoms with E-state index < -0.39 is 16.8 Å². The van der Waals surface area contributed by atoms with Gasteiger partial charge in [-0.1, -0.05) is 18.2 Å². The molecular weight excluding hydrogens is 336 g/mol. The maximum absolute atomic E-state index is 12.4. The fraction of sp³-hybridized carbons (Fsp3) is 0.263. The van der Waals surface area contributed by atoms with Crippen LogP contribution >= 0.6 is 0 Å². The molecule has 7 nitrogen and oxygen atoms in total. The van der Waals surface area contributed by atoms with Gasteiger partial charge in [-0.15, -0.1) is 0 Å². The Hall–Kier alpha value is -3.22. The predicted molar refractivity (Wildman–Crippen MR) is 95.1 cm³/mol. The van der Waals surface area contributed by atoms with Crippen molar-refractivity contribution in [3.05, 3.63) is 63.7 Å². The zero-order valence-electron chi connectivity index (χ0n) is 14.5. The number of amides is 1. The minimum atomic E-state index is -0.573. The number of ether oxygens (including phenoxy) is 1. The standard InChI is InChI=1S/C19H18N2O5/c1-12-4-3-5-13(2)18(12)20-11-14(10-17(20)22)19(23)26-16-8-6-15(7-9-16)21(24)25/h3-9,14H,10-11H2,1-2H3/t14-/m0/s1. The van der Waals surface area contributed by atoms with Crippen LogP contribution in [0.1, 0.15) is 17.5 Å². The molecule has 0 radical (unpaired) electrons. The first-order chi connectivity index (χ1) is 12.4. The lowest BCUT2D eigenvalue weighted by molar-refractivity contribution is -0.384. The third-order valence-corrected chi connectivity index (χ3v) is 4.43. The van der Waals surface area contributed by atoms with Gasteiger partial charge in [-0.3, -0.25) is 19.7 Å². The number of para-hydroxylation sites is 1. The monoisotopic (exact) mass is 354 g/mol. The average Bonchev–Trinajstić information content (AvgIpc) is 2.97. The van der Waals surface area contributed by atoms with E-state index in [-0.39, 0.29) is 30.3 Å². The first-order valence-corrected chi connectivity index (χ1v) is 8.19. The second-order valence-corrected chi connectivity index (χ2v) is 6.32. The summed E-state index contributed by atoms with van der Waals surface area (Å²) in [6, 6.07) is 11.1. The molecule has 2 aromatic carbocycles. The molecule has 7 heteroatoms. The summed E-state index contributed by atoms with van der Waals surface area (Å²) in [7, 11) is 0. The van der Waals surface area contributed by atoms with Crippen LogP contribution < -0.4 is 9.64 Å². The molecule has 0 bridgehead atoms. The number of carbonyl (C=O) groups is 2. The highest BCUT2D eigenvalue weighted by Crippen LogP contribution is 2.31. The molecule has 1 saturated heterocycles. The summed E-state index contributed by atoms with van der Waals surface area (Å²) in [6.45, 7) is 4.12. The number of benzene rings is 2. The largest absolute Gasteiger partial charge is 0.426 e. The van der Waals surface area contributed by atoms with Crippen LogP contribution in [-0.4, -0.2) is 23.3 Å². The number of nitrogens with zero attached hydrogens (tertiary/aromatic N) is 2. The second kappa shape index (κ2) is 6.95. The number of non-ortho nitro benzene ring substituents is 1. The summed E-state index contributed by atoms with van der Waals surface area (Å²) in [6.07, 6.45) is 0.0829. The van der Waals surface area contributed by atoms with Crippen LogP contribution in [0.2, 0.25) is 0 Å². The maximum atomic E-state index is 12.4. The normalized spacial score (nSPS) is 16.6. The Morgan fingerprint density at radius 2 is 1.77 bits per heavy atom. The molecule has 1 aliphatic rings. The topological polar surface area (TPSA) is 89.8 Å². The van der Waals surface area contributed by atoms with Gasteiger partial charge in [0.25, 0.3) is 5.69 Å². The lowest BCUT2D eigenvalue weighted by Crippen LogP contribution is -2.28. The lowest BCUT2D eigenvalue weighted by atomic mass is 10.1. The van der Waals surface area contributed by atoms with Crippen molar-refractivity contribution in [2.75, 3.05) is 11.4 Å². The van der Waals surface area contributed by atoms with E-state index >= 15 is 0 Å². The molecule has 3 rings (SSSR count). The molecule has 0 saturated carbocycles. The van der Waals surface area contributed by atoms with Crippen LogP contribution in [-0.2, 0) is 9.59 Å². The van der Waals surface area contributed by atoms with Crippen LogP contribution in [0.15, 0.2) is 42.5 Å². The van der Waals surface area contributed by atoms with Crippen LogP contribution in [0.5, 0.6) is 5.75 Å². The van der Waals surface area contributed by atoms with Gasteiger partial charge in [0.2, 0.25) is 5.91 Å². The predicted octanol–water partition coefficient (Wildman–Crippen LogP) is 3.17. The molecule has 1 fully saturated rings. The van der Waals surface area contributed by atoms with Crippen molar-refractivity contribution in [2.45, 2.75) is 20.3 Å². The van der Waals surface area contributed by atoms with Gasteiger partial charge in [0, 0.05) is 30.8 Å². The minimum absolute atomic E-state index is 0.0814. The number of nitro benzene ring substituents is 1. The molecule has 0 aliphatic carbocycles. The van der Waals surface area contributed by atoms with Crippen LogP contribution in [0.3, 0.4) is 0 Å². The molecular formula is C19H18N2O5. The first-order valence-electron chi connectivity index (χ1n) is 8.19. The molecule has 0 aromatic heterocycles. The number of esters is 1. The van der Waals surface area contributed by atoms with Crippen molar-refractivity contribution in [2.24, 2.45) is 5.92 Å². The second-order valence-electron chi connectivity index (χ2n) is 6.32. The van der Waals surface area contributed by atoms with Crippen molar-refractivity contribution in [3.63, 3.8) is 0 Å². The van der Waals surface area contributed by atoms with Crippen molar-refractivity contribution < 1.29 is 19.2 Å². The molecule has 1 atom stereocenters. The Morgan fingerprint density at radius 3 is 2.35 bits per heavy atom. The Bertz CT molecular complexity index is 856. The van der Waals surface area contributed by atoms with E-state index in [1.165, 1.54) is 24.3 Å². The molecule has 1 aliphatic heterocycles. The van der Waals surface area contributed by atoms with Gasteiger partial charge < -0.3 is 9.64 Å². The zero-order valence-corrected chi connectivity index (χ0v) is 14.5. The van der Waals surface area contributed by atoms with E-state index in [2.05, 4.69) is 0 Å². The summed E-state index contributed by atoms with van der Waals surface area (Å²) >= 11 is 0. The Balaban J connectivity index is 1.72. The van der Waals surface area contributed by atoms with Crippen LogP contribution in [0, 0.1) is 29.9 Å². The highest BCUT2D eigenvalue weighted by Gasteiger charge is 2.37. The quantitative estimate of drug-likeness (QED) is 0.364. The van der Waals surface area contributed by atoms with Crippen molar-refractivity contribution >= 4 is 23.3 Å². The number of nitro groups is 1. The number of carbonyl (C=O) groups excluding carboxylic acids is 2. The summed E-state index contributed by atoms with van der Waals surface area (Å²) in [5.41, 5.74) is 2.70. The van der Waals surface area contributed by atoms with E-state index in [1.54, 1.807) is 4.90 Å². The molecule has 0 spiro atoms. The summed E-state index contributed by atoms with van der Waals surface area (Å²) in [5, 5.41) is 10.7. The van der Waals surface area contributed by atoms with E-state index in [9.17, 15) is 19.7 Å². The van der Waals surface area contributed by atoms with Crippen molar-refractivity contribution in [1.82, 2.24) is 0 Å². The average molecular weight is 354 g/mol. The van der Waals surface area contributed by atoms with Gasteiger partial charge in [0.1, 0.15) is 5.75 Å². The lowest BCUT2D eigenvalue weighted by Gasteiger charge is -2.21. The van der Waals surface area contributed by atoms with Gasteiger partial charge in [0.05, 0.1) is 10.8 Å². The number of hydrogen-bond donors (Lipinski definition) is 0. The SMILES string of the molecule is Cc1cccc(C)c1N1C[C@@H](C(=O)Oc2ccc([N+](=O)[O-])cc2)CC1=O.